The molecule has 326 valence electrons. The van der Waals surface area contributed by atoms with Gasteiger partial charge in [0.05, 0.1) is 39.1 Å². The minimum absolute atomic E-state index is 0.000572. The average Bonchev–Trinajstić information content (AvgIpc) is 3.15. The fourth-order valence-corrected chi connectivity index (χ4v) is 16.2. The molecule has 1 fully saturated rings. The molecule has 0 spiro atoms. The van der Waals surface area contributed by atoms with Crippen molar-refractivity contribution in [3.8, 4) is 0 Å². The van der Waals surface area contributed by atoms with Crippen molar-refractivity contribution in [2.75, 3.05) is 27.9 Å². The molecule has 8 atom stereocenters. The largest absolute Gasteiger partial charge is 0.490 e. The summed E-state index contributed by atoms with van der Waals surface area (Å²) in [6.07, 6.45) is 12.0. The van der Waals surface area contributed by atoms with Crippen LogP contribution in [0.4, 0.5) is 0 Å². The first kappa shape index (κ1) is 52.5. The molecule has 0 N–H and O–H groups in total. The maximum Gasteiger partial charge on any atom is 0.373 e. The van der Waals surface area contributed by atoms with E-state index in [2.05, 4.69) is 114 Å². The van der Waals surface area contributed by atoms with Crippen molar-refractivity contribution in [3.05, 3.63) is 47.3 Å². The van der Waals surface area contributed by atoms with Gasteiger partial charge in [-0.05, 0) is 93.7 Å². The summed E-state index contributed by atoms with van der Waals surface area (Å²) < 4.78 is 44.0. The van der Waals surface area contributed by atoms with Crippen molar-refractivity contribution in [1.29, 1.82) is 0 Å². The summed E-state index contributed by atoms with van der Waals surface area (Å²) in [5.41, 5.74) is 3.19. The zero-order valence-electron chi connectivity index (χ0n) is 39.4. The lowest BCUT2D eigenvalue weighted by atomic mass is 9.79. The van der Waals surface area contributed by atoms with Gasteiger partial charge in [0.1, 0.15) is 6.10 Å². The van der Waals surface area contributed by atoms with E-state index in [0.29, 0.717) is 17.7 Å². The van der Waals surface area contributed by atoms with Crippen LogP contribution in [-0.4, -0.2) is 80.7 Å². The minimum atomic E-state index is -2.15. The molecule has 0 aromatic carbocycles. The summed E-state index contributed by atoms with van der Waals surface area (Å²) >= 11 is 0. The van der Waals surface area contributed by atoms with Crippen LogP contribution in [0.15, 0.2) is 47.3 Å². The van der Waals surface area contributed by atoms with Crippen LogP contribution in [-0.2, 0) is 37.3 Å². The zero-order chi connectivity index (χ0) is 43.0. The van der Waals surface area contributed by atoms with Gasteiger partial charge in [-0.3, -0.25) is 0 Å². The van der Waals surface area contributed by atoms with Crippen molar-refractivity contribution in [1.82, 2.24) is 0 Å². The van der Waals surface area contributed by atoms with Gasteiger partial charge in [0.2, 0.25) is 5.76 Å². The monoisotopic (exact) mass is 823 g/mol. The summed E-state index contributed by atoms with van der Waals surface area (Å²) in [5, 5.41) is 0. The van der Waals surface area contributed by atoms with E-state index in [4.69, 9.17) is 32.5 Å². The third-order valence-corrected chi connectivity index (χ3v) is 23.2. The van der Waals surface area contributed by atoms with Crippen LogP contribution in [0.3, 0.4) is 0 Å². The highest BCUT2D eigenvalue weighted by molar-refractivity contribution is 6.75. The van der Waals surface area contributed by atoms with E-state index < -0.39 is 28.4 Å². The number of carbonyl (C=O) groups is 1. The molecule has 0 bridgehead atoms. The quantitative estimate of drug-likeness (QED) is 0.0296. The first-order valence-corrected chi connectivity index (χ1v) is 26.6. The SMILES string of the molecule is CC[C@@H]([C@@H](O[Si](CC)(CC)C(C)C)[C@H](C)CC(C)=CC=C[C@H](OC)[C@@H]1OC(C)(C)OC[C@@H]1C)[C@H](O[Si](CC)(CC)C(C)C)[C@H](C)C=C(C)C=C(OC)C(=O)OC. The van der Waals surface area contributed by atoms with Crippen LogP contribution in [0.1, 0.15) is 124 Å². The topological polar surface area (TPSA) is 81.7 Å². The van der Waals surface area contributed by atoms with Gasteiger partial charge in [0.25, 0.3) is 0 Å². The van der Waals surface area contributed by atoms with E-state index in [1.54, 1.807) is 13.2 Å². The second-order valence-electron chi connectivity index (χ2n) is 17.6. The number of allylic oxidation sites excluding steroid dienone is 5. The Labute approximate surface area is 346 Å². The van der Waals surface area contributed by atoms with E-state index in [1.165, 1.54) is 19.8 Å². The first-order chi connectivity index (χ1) is 26.2. The predicted octanol–water partition coefficient (Wildman–Crippen LogP) is 12.2. The fourth-order valence-electron chi connectivity index (χ4n) is 8.85. The highest BCUT2D eigenvalue weighted by Gasteiger charge is 2.46. The molecule has 0 aromatic heterocycles. The molecule has 0 aromatic rings. The van der Waals surface area contributed by atoms with Crippen molar-refractivity contribution in [2.24, 2.45) is 23.7 Å². The molecule has 56 heavy (non-hydrogen) atoms. The number of rotatable bonds is 25. The minimum Gasteiger partial charge on any atom is -0.490 e. The van der Waals surface area contributed by atoms with Crippen molar-refractivity contribution < 1.29 is 37.3 Å². The lowest BCUT2D eigenvalue weighted by Crippen LogP contribution is -2.54. The lowest BCUT2D eigenvalue weighted by Gasteiger charge is -2.48. The van der Waals surface area contributed by atoms with Crippen molar-refractivity contribution in [3.63, 3.8) is 0 Å². The normalized spacial score (nSPS) is 22.3. The Morgan fingerprint density at radius 2 is 1.38 bits per heavy atom. The van der Waals surface area contributed by atoms with Crippen LogP contribution < -0.4 is 0 Å². The van der Waals surface area contributed by atoms with E-state index in [0.717, 1.165) is 42.6 Å². The highest BCUT2D eigenvalue weighted by Crippen LogP contribution is 2.42. The Bertz CT molecular complexity index is 1280. The van der Waals surface area contributed by atoms with Gasteiger partial charge < -0.3 is 32.5 Å². The molecule has 0 saturated carbocycles. The molecule has 1 rings (SSSR count). The Kier molecular flexibility index (Phi) is 23.0. The molecule has 8 nitrogen and oxygen atoms in total. The van der Waals surface area contributed by atoms with Gasteiger partial charge in [-0.2, -0.15) is 0 Å². The number of hydrogen-bond acceptors (Lipinski definition) is 8. The number of ether oxygens (including phenoxy) is 5. The maximum atomic E-state index is 12.4. The predicted molar refractivity (Wildman–Crippen MR) is 239 cm³/mol. The highest BCUT2D eigenvalue weighted by atomic mass is 28.4. The molecule has 1 saturated heterocycles. The lowest BCUT2D eigenvalue weighted by molar-refractivity contribution is -0.303. The summed E-state index contributed by atoms with van der Waals surface area (Å²) in [4.78, 5) is 12.4. The van der Waals surface area contributed by atoms with Gasteiger partial charge in [-0.25, -0.2) is 4.79 Å². The second kappa shape index (κ2) is 24.5. The zero-order valence-corrected chi connectivity index (χ0v) is 41.4. The van der Waals surface area contributed by atoms with Gasteiger partial charge in [0.15, 0.2) is 22.4 Å². The molecular formula is C46H86O8Si2. The van der Waals surface area contributed by atoms with Crippen LogP contribution >= 0.6 is 0 Å². The number of esters is 1. The van der Waals surface area contributed by atoms with Gasteiger partial charge in [-0.1, -0.05) is 119 Å². The summed E-state index contributed by atoms with van der Waals surface area (Å²) in [6.45, 7) is 36.7. The fraction of sp³-hybridized carbons (Fsp3) is 0.804. The second-order valence-corrected chi connectivity index (χ2v) is 27.5. The Balaban J connectivity index is 3.83. The third-order valence-electron chi connectivity index (χ3n) is 12.7. The molecule has 1 aliphatic heterocycles. The Morgan fingerprint density at radius 3 is 1.82 bits per heavy atom. The van der Waals surface area contributed by atoms with Crippen LogP contribution in [0, 0.1) is 23.7 Å². The van der Waals surface area contributed by atoms with E-state index in [9.17, 15) is 4.79 Å². The Hall–Kier alpha value is -1.54. The average molecular weight is 823 g/mol. The number of methoxy groups -OCH3 is 3. The molecule has 1 aliphatic rings. The molecule has 1 heterocycles. The molecular weight excluding hydrogens is 737 g/mol. The van der Waals surface area contributed by atoms with Crippen LogP contribution in [0.2, 0.25) is 35.3 Å². The number of hydrogen-bond donors (Lipinski definition) is 0. The first-order valence-electron chi connectivity index (χ1n) is 21.8. The molecule has 0 amide bonds. The van der Waals surface area contributed by atoms with Gasteiger partial charge in [0, 0.05) is 18.9 Å². The molecule has 10 heteroatoms. The summed E-state index contributed by atoms with van der Waals surface area (Å²) in [5.74, 6) is -0.270. The van der Waals surface area contributed by atoms with E-state index in [1.807, 2.05) is 20.8 Å². The van der Waals surface area contributed by atoms with Gasteiger partial charge in [-0.15, -0.1) is 0 Å². The van der Waals surface area contributed by atoms with Crippen LogP contribution in [0.5, 0.6) is 0 Å². The van der Waals surface area contributed by atoms with E-state index >= 15 is 0 Å². The molecule has 0 unspecified atom stereocenters. The standard InChI is InChI=1S/C46H86O8Si2/c1-20-39(43(54-56(23-4,24-5)33(8)9)37(13)29-35(11)30-41(49-18)45(47)50-19)42(53-55(21-2,22-3)32(6)7)36(12)28-34(10)26-25-27-40(48-17)44-38(14)31-51-46(15,16)52-44/h25-27,29-30,32-33,36-40,42-44H,20-24,28,31H2,1-19H3/t36-,37-,38+,39+,40+,42+,43-,44-/m1/s1. The van der Waals surface area contributed by atoms with E-state index in [-0.39, 0.29) is 53.8 Å². The third kappa shape index (κ3) is 14.6. The maximum absolute atomic E-state index is 12.4. The molecule has 0 aliphatic carbocycles. The Morgan fingerprint density at radius 1 is 0.839 bits per heavy atom. The van der Waals surface area contributed by atoms with Gasteiger partial charge >= 0.3 is 5.97 Å². The smallest absolute Gasteiger partial charge is 0.373 e. The molecule has 0 radical (unpaired) electrons. The summed E-state index contributed by atoms with van der Waals surface area (Å²) in [7, 11) is 0.357. The van der Waals surface area contributed by atoms with Crippen LogP contribution in [0.25, 0.3) is 0 Å². The van der Waals surface area contributed by atoms with Crippen molar-refractivity contribution in [2.45, 2.75) is 189 Å². The summed E-state index contributed by atoms with van der Waals surface area (Å²) in [6, 6.07) is 4.27. The number of carbonyl (C=O) groups excluding carboxylic acids is 1. The van der Waals surface area contributed by atoms with Crippen molar-refractivity contribution >= 4 is 22.6 Å².